The molecule has 0 amide bonds. The van der Waals surface area contributed by atoms with Gasteiger partial charge in [-0.25, -0.2) is 0 Å². The smallest absolute Gasteiger partial charge is 0.288 e. The summed E-state index contributed by atoms with van der Waals surface area (Å²) in [6, 6.07) is 10.5. The van der Waals surface area contributed by atoms with Crippen LogP contribution in [0.25, 0.3) is 0 Å². The van der Waals surface area contributed by atoms with E-state index in [1.807, 2.05) is 6.07 Å². The number of hydrogen-bond donors (Lipinski definition) is 0. The average Bonchev–Trinajstić information content (AvgIpc) is 2.40. The minimum atomic E-state index is -0.588. The fourth-order valence-electron chi connectivity index (χ4n) is 1.50. The quantitative estimate of drug-likeness (QED) is 0.615. The summed E-state index contributed by atoms with van der Waals surface area (Å²) in [5.41, 5.74) is 0.0441. The Hall–Kier alpha value is -2.29. The van der Waals surface area contributed by atoms with E-state index in [1.165, 1.54) is 30.3 Å². The highest BCUT2D eigenvalue weighted by molar-refractivity contribution is 6.32. The molecule has 0 heterocycles. The molecule has 5 nitrogen and oxygen atoms in total. The number of nitrogens with zero attached hydrogens (tertiary/aromatic N) is 2. The fourth-order valence-corrected chi connectivity index (χ4v) is 1.92. The van der Waals surface area contributed by atoms with Gasteiger partial charge in [0.1, 0.15) is 22.6 Å². The highest BCUT2D eigenvalue weighted by Gasteiger charge is 2.13. The number of nitriles is 1. The van der Waals surface area contributed by atoms with E-state index in [0.29, 0.717) is 16.5 Å². The summed E-state index contributed by atoms with van der Waals surface area (Å²) < 4.78 is 5.48. The largest absolute Gasteiger partial charge is 0.456 e. The molecule has 0 fully saturated rings. The molecule has 0 saturated heterocycles. The Kier molecular flexibility index (Phi) is 4.08. The Morgan fingerprint density at radius 3 is 2.55 bits per heavy atom. The number of benzene rings is 2. The van der Waals surface area contributed by atoms with Crippen LogP contribution >= 0.6 is 23.2 Å². The second kappa shape index (κ2) is 5.78. The van der Waals surface area contributed by atoms with Crippen molar-refractivity contribution in [1.82, 2.24) is 0 Å². The molecular weight excluding hydrogens is 303 g/mol. The number of nitro groups is 1. The lowest BCUT2D eigenvalue weighted by Crippen LogP contribution is -1.91. The van der Waals surface area contributed by atoms with Crippen LogP contribution in [0.2, 0.25) is 10.0 Å². The van der Waals surface area contributed by atoms with Crippen LogP contribution < -0.4 is 4.74 Å². The van der Waals surface area contributed by atoms with E-state index in [4.69, 9.17) is 33.2 Å². The molecule has 7 heteroatoms. The first kappa shape index (κ1) is 14.1. The van der Waals surface area contributed by atoms with Crippen molar-refractivity contribution >= 4 is 28.9 Å². The standard InChI is InChI=1S/C13H6Cl2N2O3/c14-9-1-4-13(8(5-9)7-16)20-10-2-3-12(17(18)19)11(15)6-10/h1-6H. The first-order valence-electron chi connectivity index (χ1n) is 5.32. The summed E-state index contributed by atoms with van der Waals surface area (Å²) in [6.45, 7) is 0. The maximum atomic E-state index is 10.7. The molecule has 2 aromatic carbocycles. The first-order chi connectivity index (χ1) is 9.51. The Labute approximate surface area is 124 Å². The van der Waals surface area contributed by atoms with Gasteiger partial charge in [-0.2, -0.15) is 5.26 Å². The molecule has 100 valence electrons. The SMILES string of the molecule is N#Cc1cc(Cl)ccc1Oc1ccc([N+](=O)[O-])c(Cl)c1. The van der Waals surface area contributed by atoms with Gasteiger partial charge >= 0.3 is 0 Å². The second-order valence-corrected chi connectivity index (χ2v) is 4.57. The molecule has 0 atom stereocenters. The summed E-state index contributed by atoms with van der Waals surface area (Å²) in [5.74, 6) is 0.584. The molecule has 2 aromatic rings. The average molecular weight is 309 g/mol. The molecule has 0 aliphatic rings. The van der Waals surface area contributed by atoms with Crippen LogP contribution in [0.3, 0.4) is 0 Å². The van der Waals surface area contributed by atoms with Gasteiger partial charge in [-0.15, -0.1) is 0 Å². The van der Waals surface area contributed by atoms with Crippen molar-refractivity contribution in [2.24, 2.45) is 0 Å². The lowest BCUT2D eigenvalue weighted by atomic mass is 10.2. The van der Waals surface area contributed by atoms with E-state index >= 15 is 0 Å². The van der Waals surface area contributed by atoms with Crippen molar-refractivity contribution in [3.8, 4) is 17.6 Å². The Morgan fingerprint density at radius 2 is 1.95 bits per heavy atom. The van der Waals surface area contributed by atoms with Crippen LogP contribution in [0.5, 0.6) is 11.5 Å². The topological polar surface area (TPSA) is 76.2 Å². The maximum absolute atomic E-state index is 10.7. The first-order valence-corrected chi connectivity index (χ1v) is 6.08. The van der Waals surface area contributed by atoms with Gasteiger partial charge < -0.3 is 4.74 Å². The summed E-state index contributed by atoms with van der Waals surface area (Å²) in [7, 11) is 0. The molecule has 0 saturated carbocycles. The third-order valence-corrected chi connectivity index (χ3v) is 2.94. The number of rotatable bonds is 3. The zero-order chi connectivity index (χ0) is 14.7. The van der Waals surface area contributed by atoms with Crippen molar-refractivity contribution in [1.29, 1.82) is 5.26 Å². The summed E-state index contributed by atoms with van der Waals surface area (Å²) in [6.07, 6.45) is 0. The van der Waals surface area contributed by atoms with Gasteiger partial charge in [0.05, 0.1) is 10.5 Å². The summed E-state index contributed by atoms with van der Waals surface area (Å²) in [4.78, 5) is 10.1. The van der Waals surface area contributed by atoms with Crippen LogP contribution in [0.15, 0.2) is 36.4 Å². The van der Waals surface area contributed by atoms with Gasteiger partial charge in [-0.1, -0.05) is 23.2 Å². The molecule has 0 aliphatic heterocycles. The summed E-state index contributed by atoms with van der Waals surface area (Å²) >= 11 is 11.6. The van der Waals surface area contributed by atoms with Crippen molar-refractivity contribution in [2.45, 2.75) is 0 Å². The minimum Gasteiger partial charge on any atom is -0.456 e. The third-order valence-electron chi connectivity index (χ3n) is 2.41. The zero-order valence-corrected chi connectivity index (χ0v) is 11.4. The molecule has 0 aliphatic carbocycles. The second-order valence-electron chi connectivity index (χ2n) is 3.72. The molecule has 0 spiro atoms. The van der Waals surface area contributed by atoms with Gasteiger partial charge in [0, 0.05) is 17.2 Å². The lowest BCUT2D eigenvalue weighted by molar-refractivity contribution is -0.384. The van der Waals surface area contributed by atoms with Crippen LogP contribution in [-0.2, 0) is 0 Å². The predicted octanol–water partition coefficient (Wildman–Crippen LogP) is 4.57. The van der Waals surface area contributed by atoms with Crippen molar-refractivity contribution in [2.75, 3.05) is 0 Å². The minimum absolute atomic E-state index is 0.0417. The molecule has 0 aromatic heterocycles. The van der Waals surface area contributed by atoms with Gasteiger partial charge in [0.2, 0.25) is 0 Å². The van der Waals surface area contributed by atoms with E-state index in [1.54, 1.807) is 6.07 Å². The molecule has 2 rings (SSSR count). The lowest BCUT2D eigenvalue weighted by Gasteiger charge is -2.08. The Balaban J connectivity index is 2.34. The predicted molar refractivity (Wildman–Crippen MR) is 74.3 cm³/mol. The van der Waals surface area contributed by atoms with E-state index < -0.39 is 4.92 Å². The molecule has 20 heavy (non-hydrogen) atoms. The van der Waals surface area contributed by atoms with E-state index in [0.717, 1.165) is 0 Å². The highest BCUT2D eigenvalue weighted by atomic mass is 35.5. The van der Waals surface area contributed by atoms with E-state index in [-0.39, 0.29) is 16.3 Å². The van der Waals surface area contributed by atoms with Gasteiger partial charge in [0.15, 0.2) is 0 Å². The number of nitro benzene ring substituents is 1. The number of ether oxygens (including phenoxy) is 1. The van der Waals surface area contributed by atoms with Crippen molar-refractivity contribution in [3.05, 3.63) is 62.1 Å². The number of hydrogen-bond acceptors (Lipinski definition) is 4. The monoisotopic (exact) mass is 308 g/mol. The fraction of sp³-hybridized carbons (Fsp3) is 0. The Morgan fingerprint density at radius 1 is 1.20 bits per heavy atom. The van der Waals surface area contributed by atoms with Crippen LogP contribution in [0, 0.1) is 21.4 Å². The number of halogens is 2. The normalized spacial score (nSPS) is 9.85. The van der Waals surface area contributed by atoms with Crippen LogP contribution in [-0.4, -0.2) is 4.92 Å². The van der Waals surface area contributed by atoms with Crippen molar-refractivity contribution < 1.29 is 9.66 Å². The van der Waals surface area contributed by atoms with Crippen molar-refractivity contribution in [3.63, 3.8) is 0 Å². The van der Waals surface area contributed by atoms with Gasteiger partial charge in [-0.05, 0) is 24.3 Å². The molecule has 0 N–H and O–H groups in total. The third kappa shape index (κ3) is 2.99. The molecule has 0 bridgehead atoms. The van der Waals surface area contributed by atoms with Crippen LogP contribution in [0.1, 0.15) is 5.56 Å². The van der Waals surface area contributed by atoms with Gasteiger partial charge in [0.25, 0.3) is 5.69 Å². The van der Waals surface area contributed by atoms with E-state index in [9.17, 15) is 10.1 Å². The Bertz CT molecular complexity index is 726. The van der Waals surface area contributed by atoms with Crippen LogP contribution in [0.4, 0.5) is 5.69 Å². The van der Waals surface area contributed by atoms with E-state index in [2.05, 4.69) is 0 Å². The molecule has 0 radical (unpaired) electrons. The molecular formula is C13H6Cl2N2O3. The maximum Gasteiger partial charge on any atom is 0.288 e. The molecule has 0 unspecified atom stereocenters. The highest BCUT2D eigenvalue weighted by Crippen LogP contribution is 2.32. The zero-order valence-electron chi connectivity index (χ0n) is 9.84. The van der Waals surface area contributed by atoms with Gasteiger partial charge in [-0.3, -0.25) is 10.1 Å². The summed E-state index contributed by atoms with van der Waals surface area (Å²) in [5, 5.41) is 20.0.